The Morgan fingerprint density at radius 1 is 0.913 bits per heavy atom. The van der Waals surface area contributed by atoms with Crippen molar-refractivity contribution in [1.29, 1.82) is 0 Å². The molecular formula is C19H22O4. The van der Waals surface area contributed by atoms with Crippen molar-refractivity contribution in [3.05, 3.63) is 59.7 Å². The van der Waals surface area contributed by atoms with Crippen LogP contribution in [0.15, 0.2) is 48.5 Å². The largest absolute Gasteiger partial charge is 0.497 e. The lowest BCUT2D eigenvalue weighted by Crippen LogP contribution is -2.24. The molecule has 4 heteroatoms. The first-order valence-electron chi connectivity index (χ1n) is 7.50. The van der Waals surface area contributed by atoms with Gasteiger partial charge in [0, 0.05) is 11.8 Å². The van der Waals surface area contributed by atoms with E-state index in [1.54, 1.807) is 14.2 Å². The summed E-state index contributed by atoms with van der Waals surface area (Å²) in [6, 6.07) is 15.6. The molecule has 2 rings (SSSR count). The fourth-order valence-corrected chi connectivity index (χ4v) is 2.73. The van der Waals surface area contributed by atoms with Crippen molar-refractivity contribution in [3.8, 4) is 11.5 Å². The molecule has 0 heterocycles. The average molecular weight is 314 g/mol. The van der Waals surface area contributed by atoms with Crippen LogP contribution in [-0.4, -0.2) is 25.3 Å². The van der Waals surface area contributed by atoms with Crippen molar-refractivity contribution in [2.45, 2.75) is 25.2 Å². The smallest absolute Gasteiger partial charge is 0.303 e. The van der Waals surface area contributed by atoms with Crippen LogP contribution in [0.5, 0.6) is 11.5 Å². The first kappa shape index (κ1) is 16.9. The topological polar surface area (TPSA) is 55.8 Å². The second-order valence-electron chi connectivity index (χ2n) is 5.68. The highest BCUT2D eigenvalue weighted by atomic mass is 16.5. The minimum Gasteiger partial charge on any atom is -0.497 e. The number of aliphatic carboxylic acids is 1. The van der Waals surface area contributed by atoms with Crippen molar-refractivity contribution in [2.24, 2.45) is 0 Å². The number of carboxylic acid groups (broad SMARTS) is 1. The van der Waals surface area contributed by atoms with Crippen molar-refractivity contribution in [1.82, 2.24) is 0 Å². The lowest BCUT2D eigenvalue weighted by atomic mass is 9.73. The molecule has 0 fully saturated rings. The molecule has 2 aromatic rings. The monoisotopic (exact) mass is 314 g/mol. The van der Waals surface area contributed by atoms with E-state index in [9.17, 15) is 4.79 Å². The molecule has 0 aromatic heterocycles. The molecule has 0 amide bonds. The maximum atomic E-state index is 11.1. The van der Waals surface area contributed by atoms with Gasteiger partial charge in [-0.05, 0) is 41.8 Å². The van der Waals surface area contributed by atoms with Crippen LogP contribution >= 0.6 is 0 Å². The van der Waals surface area contributed by atoms with Crippen LogP contribution in [0, 0.1) is 0 Å². The molecular weight excluding hydrogens is 292 g/mol. The fraction of sp³-hybridized carbons (Fsp3) is 0.316. The summed E-state index contributed by atoms with van der Waals surface area (Å²) in [5.74, 6) is 0.770. The summed E-state index contributed by atoms with van der Waals surface area (Å²) in [6.45, 7) is 2.07. The minimum atomic E-state index is -0.793. The van der Waals surface area contributed by atoms with Gasteiger partial charge in [-0.2, -0.15) is 0 Å². The van der Waals surface area contributed by atoms with E-state index in [1.165, 1.54) is 0 Å². The molecule has 1 N–H and O–H groups in total. The van der Waals surface area contributed by atoms with Gasteiger partial charge in [-0.25, -0.2) is 0 Å². The number of benzene rings is 2. The summed E-state index contributed by atoms with van der Waals surface area (Å²) in [6.07, 6.45) is 0.621. The van der Waals surface area contributed by atoms with Crippen LogP contribution in [-0.2, 0) is 10.2 Å². The van der Waals surface area contributed by atoms with E-state index in [2.05, 4.69) is 6.92 Å². The summed E-state index contributed by atoms with van der Waals surface area (Å²) in [5, 5.41) is 9.09. The van der Waals surface area contributed by atoms with Gasteiger partial charge in [-0.1, -0.05) is 31.2 Å². The molecule has 122 valence electrons. The van der Waals surface area contributed by atoms with Crippen LogP contribution in [0.2, 0.25) is 0 Å². The Bertz CT molecular complexity index is 597. The van der Waals surface area contributed by atoms with Gasteiger partial charge in [-0.3, -0.25) is 4.79 Å². The summed E-state index contributed by atoms with van der Waals surface area (Å²) in [7, 11) is 3.25. The van der Waals surface area contributed by atoms with Crippen molar-refractivity contribution < 1.29 is 19.4 Å². The zero-order valence-electron chi connectivity index (χ0n) is 13.7. The zero-order valence-corrected chi connectivity index (χ0v) is 13.7. The minimum absolute atomic E-state index is 0.106. The van der Waals surface area contributed by atoms with Gasteiger partial charge in [-0.15, -0.1) is 0 Å². The average Bonchev–Trinajstić information content (AvgIpc) is 2.59. The highest BCUT2D eigenvalue weighted by Gasteiger charge is 2.29. The molecule has 0 aliphatic rings. The predicted molar refractivity (Wildman–Crippen MR) is 89.3 cm³/mol. The Kier molecular flexibility index (Phi) is 5.27. The van der Waals surface area contributed by atoms with Crippen LogP contribution in [0.4, 0.5) is 0 Å². The van der Waals surface area contributed by atoms with Crippen LogP contribution < -0.4 is 9.47 Å². The van der Waals surface area contributed by atoms with Gasteiger partial charge in [0.05, 0.1) is 14.2 Å². The van der Waals surface area contributed by atoms with Gasteiger partial charge < -0.3 is 14.6 Å². The third kappa shape index (κ3) is 3.83. The molecule has 0 unspecified atom stereocenters. The second-order valence-corrected chi connectivity index (χ2v) is 5.68. The van der Waals surface area contributed by atoms with Crippen LogP contribution in [0.1, 0.15) is 30.9 Å². The number of methoxy groups -OCH3 is 2. The maximum Gasteiger partial charge on any atom is 0.303 e. The number of carbonyl (C=O) groups is 1. The molecule has 23 heavy (non-hydrogen) atoms. The van der Waals surface area contributed by atoms with Crippen molar-refractivity contribution >= 4 is 5.97 Å². The Balaban J connectivity index is 2.42. The Morgan fingerprint density at radius 3 is 1.61 bits per heavy atom. The highest BCUT2D eigenvalue weighted by molar-refractivity contribution is 5.67. The third-order valence-electron chi connectivity index (χ3n) is 4.29. The van der Waals surface area contributed by atoms with E-state index in [0.29, 0.717) is 6.42 Å². The molecule has 0 aliphatic heterocycles. The molecule has 2 aromatic carbocycles. The van der Waals surface area contributed by atoms with Crippen molar-refractivity contribution in [2.75, 3.05) is 14.2 Å². The van der Waals surface area contributed by atoms with Gasteiger partial charge >= 0.3 is 5.97 Å². The second kappa shape index (κ2) is 7.18. The number of rotatable bonds is 7. The normalized spacial score (nSPS) is 11.1. The standard InChI is InChI=1S/C19H22O4/c1-19(13-12-18(20)21,14-4-8-16(22-2)9-5-14)15-6-10-17(23-3)11-7-15/h4-11H,12-13H2,1-3H3,(H,20,21). The molecule has 0 spiro atoms. The quantitative estimate of drug-likeness (QED) is 0.843. The van der Waals surface area contributed by atoms with Gasteiger partial charge in [0.2, 0.25) is 0 Å². The maximum absolute atomic E-state index is 11.1. The first-order chi connectivity index (χ1) is 11.0. The van der Waals surface area contributed by atoms with E-state index < -0.39 is 11.4 Å². The van der Waals surface area contributed by atoms with Crippen LogP contribution in [0.3, 0.4) is 0 Å². The molecule has 0 radical (unpaired) electrons. The molecule has 0 aliphatic carbocycles. The highest BCUT2D eigenvalue weighted by Crippen LogP contribution is 2.37. The summed E-state index contributed by atoms with van der Waals surface area (Å²) in [4.78, 5) is 11.1. The van der Waals surface area contributed by atoms with Gasteiger partial charge in [0.1, 0.15) is 11.5 Å². The van der Waals surface area contributed by atoms with E-state index in [-0.39, 0.29) is 6.42 Å². The summed E-state index contributed by atoms with van der Waals surface area (Å²) < 4.78 is 10.4. The third-order valence-corrected chi connectivity index (χ3v) is 4.29. The number of ether oxygens (including phenoxy) is 2. The number of hydrogen-bond donors (Lipinski definition) is 1. The SMILES string of the molecule is COc1ccc(C(C)(CCC(=O)O)c2ccc(OC)cc2)cc1. The lowest BCUT2D eigenvalue weighted by molar-refractivity contribution is -0.137. The zero-order chi connectivity index (χ0) is 16.9. The van der Waals surface area contributed by atoms with E-state index in [0.717, 1.165) is 22.6 Å². The van der Waals surface area contributed by atoms with Gasteiger partial charge in [0.15, 0.2) is 0 Å². The first-order valence-corrected chi connectivity index (χ1v) is 7.50. The molecule has 4 nitrogen and oxygen atoms in total. The van der Waals surface area contributed by atoms with E-state index in [4.69, 9.17) is 14.6 Å². The Labute approximate surface area is 136 Å². The predicted octanol–water partition coefficient (Wildman–Crippen LogP) is 3.87. The number of carboxylic acids is 1. The summed E-state index contributed by atoms with van der Waals surface area (Å²) in [5.41, 5.74) is 1.73. The Hall–Kier alpha value is -2.49. The van der Waals surface area contributed by atoms with Gasteiger partial charge in [0.25, 0.3) is 0 Å². The molecule has 0 atom stereocenters. The van der Waals surface area contributed by atoms with Crippen molar-refractivity contribution in [3.63, 3.8) is 0 Å². The molecule has 0 saturated heterocycles. The Morgan fingerprint density at radius 2 is 1.30 bits per heavy atom. The van der Waals surface area contributed by atoms with Crippen LogP contribution in [0.25, 0.3) is 0 Å². The van der Waals surface area contributed by atoms with E-state index >= 15 is 0 Å². The fourth-order valence-electron chi connectivity index (χ4n) is 2.73. The molecule has 0 bridgehead atoms. The number of hydrogen-bond acceptors (Lipinski definition) is 3. The van der Waals surface area contributed by atoms with E-state index in [1.807, 2.05) is 48.5 Å². The summed E-state index contributed by atoms with van der Waals surface area (Å²) >= 11 is 0. The molecule has 0 saturated carbocycles. The lowest BCUT2D eigenvalue weighted by Gasteiger charge is -2.31.